The molecule has 0 saturated carbocycles. The first-order valence-corrected chi connectivity index (χ1v) is 11.2. The van der Waals surface area contributed by atoms with Crippen LogP contribution < -0.4 is 5.73 Å². The van der Waals surface area contributed by atoms with E-state index >= 15 is 0 Å². The molecule has 2 amide bonds. The zero-order valence-electron chi connectivity index (χ0n) is 17.0. The molecule has 2 heterocycles. The van der Waals surface area contributed by atoms with Gasteiger partial charge < -0.3 is 10.6 Å². The molecular weight excluding hydrogens is 410 g/mol. The Balaban J connectivity index is 1.57. The molecule has 0 bridgehead atoms. The van der Waals surface area contributed by atoms with E-state index in [4.69, 9.17) is 10.7 Å². The normalized spacial score (nSPS) is 16.1. The number of nitrogens with zero attached hydrogens (tertiary/aromatic N) is 4. The number of likely N-dealkylation sites (tertiary alicyclic amines) is 1. The standard InChI is InChI=1S/C23H23N5O2S/c24-22(30)18-13-7-8-14-28(18)19(29)15-31-23-25-20(16-9-3-1-4-10-16)21(26-27-23)17-11-5-2-6-12-17/h1-6,9-12,18H,7-8,13-15H2,(H2,24,30). The van der Waals surface area contributed by atoms with Crippen molar-refractivity contribution in [3.05, 3.63) is 60.7 Å². The second-order valence-corrected chi connectivity index (χ2v) is 8.26. The Bertz CT molecular complexity index is 1060. The molecule has 1 aliphatic rings. The summed E-state index contributed by atoms with van der Waals surface area (Å²) in [5, 5.41) is 9.09. The van der Waals surface area contributed by atoms with Crippen molar-refractivity contribution < 1.29 is 9.59 Å². The lowest BCUT2D eigenvalue weighted by Crippen LogP contribution is -2.51. The van der Waals surface area contributed by atoms with Gasteiger partial charge in [0.25, 0.3) is 0 Å². The van der Waals surface area contributed by atoms with E-state index in [9.17, 15) is 9.59 Å². The molecule has 8 heteroatoms. The summed E-state index contributed by atoms with van der Waals surface area (Å²) in [4.78, 5) is 30.8. The zero-order valence-corrected chi connectivity index (χ0v) is 17.8. The average molecular weight is 434 g/mol. The van der Waals surface area contributed by atoms with Gasteiger partial charge in [0.2, 0.25) is 17.0 Å². The number of rotatable bonds is 6. The van der Waals surface area contributed by atoms with Crippen molar-refractivity contribution in [3.8, 4) is 22.5 Å². The van der Waals surface area contributed by atoms with E-state index in [1.807, 2.05) is 60.7 Å². The summed E-state index contributed by atoms with van der Waals surface area (Å²) in [6.07, 6.45) is 2.40. The van der Waals surface area contributed by atoms with E-state index < -0.39 is 11.9 Å². The Kier molecular flexibility index (Phi) is 6.57. The van der Waals surface area contributed by atoms with Crippen LogP contribution in [0.4, 0.5) is 0 Å². The summed E-state index contributed by atoms with van der Waals surface area (Å²) >= 11 is 1.22. The van der Waals surface area contributed by atoms with Gasteiger partial charge in [0, 0.05) is 17.7 Å². The summed E-state index contributed by atoms with van der Waals surface area (Å²) < 4.78 is 0. The molecule has 0 aliphatic carbocycles. The highest BCUT2D eigenvalue weighted by atomic mass is 32.2. The molecule has 1 saturated heterocycles. The van der Waals surface area contributed by atoms with Gasteiger partial charge in [-0.1, -0.05) is 72.4 Å². The molecule has 7 nitrogen and oxygen atoms in total. The maximum Gasteiger partial charge on any atom is 0.240 e. The number of carbonyl (C=O) groups is 2. The number of nitrogens with two attached hydrogens (primary N) is 1. The Morgan fingerprint density at radius 2 is 1.58 bits per heavy atom. The number of hydrogen-bond donors (Lipinski definition) is 1. The van der Waals surface area contributed by atoms with Crippen LogP contribution in [0.15, 0.2) is 65.8 Å². The van der Waals surface area contributed by atoms with Crippen molar-refractivity contribution in [2.45, 2.75) is 30.5 Å². The van der Waals surface area contributed by atoms with Gasteiger partial charge in [-0.25, -0.2) is 4.98 Å². The van der Waals surface area contributed by atoms with Crippen LogP contribution in [-0.2, 0) is 9.59 Å². The topological polar surface area (TPSA) is 102 Å². The maximum absolute atomic E-state index is 12.8. The van der Waals surface area contributed by atoms with Gasteiger partial charge in [0.05, 0.1) is 5.75 Å². The number of thioether (sulfide) groups is 1. The smallest absolute Gasteiger partial charge is 0.240 e. The van der Waals surface area contributed by atoms with Crippen LogP contribution in [0, 0.1) is 0 Å². The lowest BCUT2D eigenvalue weighted by Gasteiger charge is -2.33. The van der Waals surface area contributed by atoms with Crippen LogP contribution in [-0.4, -0.2) is 50.2 Å². The number of aromatic nitrogens is 3. The third-order valence-corrected chi connectivity index (χ3v) is 6.06. The minimum absolute atomic E-state index is 0.129. The van der Waals surface area contributed by atoms with E-state index in [2.05, 4.69) is 10.2 Å². The molecule has 0 radical (unpaired) electrons. The van der Waals surface area contributed by atoms with Gasteiger partial charge in [0.15, 0.2) is 0 Å². The van der Waals surface area contributed by atoms with Crippen LogP contribution in [0.1, 0.15) is 19.3 Å². The first-order chi connectivity index (χ1) is 15.1. The fourth-order valence-electron chi connectivity index (χ4n) is 3.70. The summed E-state index contributed by atoms with van der Waals surface area (Å²) in [5.41, 5.74) is 8.73. The molecule has 158 valence electrons. The summed E-state index contributed by atoms with van der Waals surface area (Å²) in [5.74, 6) is -0.454. The molecular formula is C23H23N5O2S. The van der Waals surface area contributed by atoms with Gasteiger partial charge in [0.1, 0.15) is 17.4 Å². The molecule has 2 N–H and O–H groups in total. The van der Waals surface area contributed by atoms with Crippen molar-refractivity contribution in [2.75, 3.05) is 12.3 Å². The van der Waals surface area contributed by atoms with Crippen molar-refractivity contribution in [1.82, 2.24) is 20.1 Å². The molecule has 1 unspecified atom stereocenters. The molecule has 2 aromatic carbocycles. The van der Waals surface area contributed by atoms with Crippen LogP contribution in [0.3, 0.4) is 0 Å². The van der Waals surface area contributed by atoms with E-state index in [1.165, 1.54) is 11.8 Å². The largest absolute Gasteiger partial charge is 0.368 e. The number of hydrogen-bond acceptors (Lipinski definition) is 6. The third-order valence-electron chi connectivity index (χ3n) is 5.24. The average Bonchev–Trinajstić information content (AvgIpc) is 2.83. The second kappa shape index (κ2) is 9.70. The van der Waals surface area contributed by atoms with Crippen LogP contribution in [0.25, 0.3) is 22.5 Å². The number of piperidine rings is 1. The third kappa shape index (κ3) is 4.91. The maximum atomic E-state index is 12.8. The van der Waals surface area contributed by atoms with Crippen molar-refractivity contribution in [2.24, 2.45) is 5.73 Å². The van der Waals surface area contributed by atoms with E-state index in [0.29, 0.717) is 29.5 Å². The minimum atomic E-state index is -0.527. The zero-order chi connectivity index (χ0) is 21.6. The molecule has 1 aromatic heterocycles. The molecule has 1 aliphatic heterocycles. The minimum Gasteiger partial charge on any atom is -0.368 e. The molecule has 1 fully saturated rings. The van der Waals surface area contributed by atoms with Gasteiger partial charge in [-0.2, -0.15) is 0 Å². The van der Waals surface area contributed by atoms with Crippen molar-refractivity contribution >= 4 is 23.6 Å². The van der Waals surface area contributed by atoms with E-state index in [0.717, 1.165) is 24.0 Å². The first kappa shape index (κ1) is 21.0. The highest BCUT2D eigenvalue weighted by Crippen LogP contribution is 2.30. The first-order valence-electron chi connectivity index (χ1n) is 10.2. The van der Waals surface area contributed by atoms with E-state index in [1.54, 1.807) is 4.90 Å². The second-order valence-electron chi connectivity index (χ2n) is 7.31. The van der Waals surface area contributed by atoms with Crippen LogP contribution in [0.5, 0.6) is 0 Å². The summed E-state index contributed by atoms with van der Waals surface area (Å²) in [6, 6.07) is 19.0. The lowest BCUT2D eigenvalue weighted by molar-refractivity contribution is -0.138. The van der Waals surface area contributed by atoms with E-state index in [-0.39, 0.29) is 11.7 Å². The number of carbonyl (C=O) groups excluding carboxylic acids is 2. The molecule has 31 heavy (non-hydrogen) atoms. The molecule has 0 spiro atoms. The van der Waals surface area contributed by atoms with Gasteiger partial charge in [-0.3, -0.25) is 9.59 Å². The lowest BCUT2D eigenvalue weighted by atomic mass is 10.0. The fraction of sp³-hybridized carbons (Fsp3) is 0.261. The Labute approximate surface area is 185 Å². The predicted octanol–water partition coefficient (Wildman–Crippen LogP) is 3.16. The van der Waals surface area contributed by atoms with Gasteiger partial charge in [-0.15, -0.1) is 10.2 Å². The number of primary amides is 1. The Hall–Kier alpha value is -3.26. The van der Waals surface area contributed by atoms with Crippen molar-refractivity contribution in [3.63, 3.8) is 0 Å². The van der Waals surface area contributed by atoms with Crippen molar-refractivity contribution in [1.29, 1.82) is 0 Å². The van der Waals surface area contributed by atoms with Gasteiger partial charge in [-0.05, 0) is 19.3 Å². The van der Waals surface area contributed by atoms with Gasteiger partial charge >= 0.3 is 0 Å². The summed E-state index contributed by atoms with van der Waals surface area (Å²) in [7, 11) is 0. The highest BCUT2D eigenvalue weighted by Gasteiger charge is 2.30. The quantitative estimate of drug-likeness (QED) is 0.599. The molecule has 1 atom stereocenters. The Morgan fingerprint density at radius 1 is 0.935 bits per heavy atom. The van der Waals surface area contributed by atoms with Crippen LogP contribution in [0.2, 0.25) is 0 Å². The molecule has 4 rings (SSSR count). The number of amides is 2. The van der Waals surface area contributed by atoms with Crippen LogP contribution >= 0.6 is 11.8 Å². The predicted molar refractivity (Wildman–Crippen MR) is 120 cm³/mol. The summed E-state index contributed by atoms with van der Waals surface area (Å²) in [6.45, 7) is 0.550. The SMILES string of the molecule is NC(=O)C1CCCCN1C(=O)CSc1nnc(-c2ccccc2)c(-c2ccccc2)n1. The fourth-order valence-corrected chi connectivity index (χ4v) is 4.37. The number of benzene rings is 2. The highest BCUT2D eigenvalue weighted by molar-refractivity contribution is 7.99. The molecule has 3 aromatic rings. The Morgan fingerprint density at radius 3 is 2.23 bits per heavy atom. The monoisotopic (exact) mass is 433 g/mol.